The first kappa shape index (κ1) is 12.3. The minimum atomic E-state index is 0.903. The van der Waals surface area contributed by atoms with Gasteiger partial charge in [-0.25, -0.2) is 0 Å². The van der Waals surface area contributed by atoms with Crippen molar-refractivity contribution in [1.29, 1.82) is 0 Å². The van der Waals surface area contributed by atoms with E-state index < -0.39 is 0 Å². The summed E-state index contributed by atoms with van der Waals surface area (Å²) in [5.74, 6) is 0. The first-order valence-electron chi connectivity index (χ1n) is 3.80. The quantitative estimate of drug-likeness (QED) is 0.690. The van der Waals surface area contributed by atoms with Gasteiger partial charge in [0.1, 0.15) is 0 Å². The third kappa shape index (κ3) is 4.39. The zero-order valence-corrected chi connectivity index (χ0v) is 10.3. The maximum atomic E-state index is 5.53. The number of hydrogen-bond donors (Lipinski definition) is 0. The molecule has 0 heterocycles. The summed E-state index contributed by atoms with van der Waals surface area (Å²) < 4.78 is 0. The molecular weight excluding hydrogens is 256 g/mol. The Morgan fingerprint density at radius 1 is 1.25 bits per heavy atom. The number of benzene rings is 1. The number of alkyl halides is 1. The van der Waals surface area contributed by atoms with Gasteiger partial charge in [0.05, 0.1) is 0 Å². The van der Waals surface area contributed by atoms with Gasteiger partial charge in [-0.05, 0) is 39.4 Å². The van der Waals surface area contributed by atoms with Gasteiger partial charge in [-0.3, -0.25) is 0 Å². The molecule has 1 rings (SSSR count). The second kappa shape index (κ2) is 7.96. The van der Waals surface area contributed by atoms with Crippen LogP contribution in [0.5, 0.6) is 0 Å². The summed E-state index contributed by atoms with van der Waals surface area (Å²) in [4.78, 5) is 1.09. The zero-order valence-electron chi connectivity index (χ0n) is 7.18. The van der Waals surface area contributed by atoms with Gasteiger partial charge in [0, 0.05) is 10.2 Å². The van der Waals surface area contributed by atoms with Gasteiger partial charge < -0.3 is 0 Å². The van der Waals surface area contributed by atoms with Crippen LogP contribution >= 0.6 is 37.6 Å². The Bertz CT molecular complexity index is 175. The molecule has 0 aliphatic heterocycles. The molecule has 0 N–H and O–H groups in total. The van der Waals surface area contributed by atoms with Gasteiger partial charge in [-0.15, -0.1) is 0 Å². The van der Waals surface area contributed by atoms with Crippen LogP contribution in [0.25, 0.3) is 0 Å². The minimum Gasteiger partial charge on any atom is -0.0876 e. The molecule has 1 aromatic carbocycles. The van der Waals surface area contributed by atoms with E-state index in [2.05, 4.69) is 28.1 Å². The summed E-state index contributed by atoms with van der Waals surface area (Å²) in [6.45, 7) is 4.00. The van der Waals surface area contributed by atoms with Crippen LogP contribution < -0.4 is 0 Å². The molecule has 0 aromatic heterocycles. The fourth-order valence-electron chi connectivity index (χ4n) is 0.630. The Morgan fingerprint density at radius 3 is 2.08 bits per heavy atom. The van der Waals surface area contributed by atoms with Crippen molar-refractivity contribution in [3.8, 4) is 0 Å². The van der Waals surface area contributed by atoms with E-state index in [1.54, 1.807) is 0 Å². The Hall–Kier alpha value is 0.340. The molecule has 0 unspecified atom stereocenters. The summed E-state index contributed by atoms with van der Waals surface area (Å²) in [5.41, 5.74) is 1.27. The van der Waals surface area contributed by atoms with Crippen LogP contribution in [0.2, 0.25) is 0 Å². The molecule has 0 radical (unpaired) electrons. The SMILES string of the molecule is CC.ClSc1ccc(CBr)cc1. The van der Waals surface area contributed by atoms with Gasteiger partial charge in [0.2, 0.25) is 0 Å². The highest BCUT2D eigenvalue weighted by Gasteiger charge is 1.90. The molecule has 0 saturated carbocycles. The first-order chi connectivity index (χ1) is 5.86. The van der Waals surface area contributed by atoms with Crippen LogP contribution in [0.15, 0.2) is 29.2 Å². The van der Waals surface area contributed by atoms with Crippen LogP contribution in [0.4, 0.5) is 0 Å². The summed E-state index contributed by atoms with van der Waals surface area (Å²) in [6, 6.07) is 8.13. The van der Waals surface area contributed by atoms with Crippen molar-refractivity contribution in [3.63, 3.8) is 0 Å². The first-order valence-corrected chi connectivity index (χ1v) is 6.56. The molecule has 0 amide bonds. The maximum Gasteiger partial charge on any atom is 0.0283 e. The van der Waals surface area contributed by atoms with Gasteiger partial charge in [0.25, 0.3) is 0 Å². The fourth-order valence-corrected chi connectivity index (χ4v) is 1.55. The maximum absolute atomic E-state index is 5.53. The van der Waals surface area contributed by atoms with E-state index in [-0.39, 0.29) is 0 Å². The van der Waals surface area contributed by atoms with E-state index in [0.717, 1.165) is 10.2 Å². The molecule has 0 nitrogen and oxygen atoms in total. The van der Waals surface area contributed by atoms with Crippen molar-refractivity contribution < 1.29 is 0 Å². The van der Waals surface area contributed by atoms with Crippen molar-refractivity contribution >= 4 is 37.6 Å². The standard InChI is InChI=1S/C7H6BrClS.C2H6/c8-5-6-1-3-7(10-9)4-2-6;1-2/h1-4H,5H2;1-2H3. The van der Waals surface area contributed by atoms with Gasteiger partial charge in [-0.1, -0.05) is 41.9 Å². The highest BCUT2D eigenvalue weighted by atomic mass is 79.9. The molecular formula is C9H12BrClS. The summed E-state index contributed by atoms with van der Waals surface area (Å²) >= 11 is 3.36. The third-order valence-corrected chi connectivity index (χ3v) is 2.80. The van der Waals surface area contributed by atoms with Crippen molar-refractivity contribution in [2.45, 2.75) is 24.1 Å². The van der Waals surface area contributed by atoms with Gasteiger partial charge >= 0.3 is 0 Å². The molecule has 68 valence electrons. The van der Waals surface area contributed by atoms with Crippen LogP contribution in [0.1, 0.15) is 19.4 Å². The highest BCUT2D eigenvalue weighted by molar-refractivity contribution is 9.08. The molecule has 12 heavy (non-hydrogen) atoms. The average Bonchev–Trinajstić information content (AvgIpc) is 2.21. The van der Waals surface area contributed by atoms with Gasteiger partial charge in [0.15, 0.2) is 0 Å². The number of rotatable bonds is 2. The lowest BCUT2D eigenvalue weighted by molar-refractivity contribution is 1.36. The molecule has 0 atom stereocenters. The Labute approximate surface area is 91.3 Å². The van der Waals surface area contributed by atoms with Crippen molar-refractivity contribution in [1.82, 2.24) is 0 Å². The van der Waals surface area contributed by atoms with Crippen LogP contribution in [-0.2, 0) is 5.33 Å². The highest BCUT2D eigenvalue weighted by Crippen LogP contribution is 2.22. The molecule has 3 heteroatoms. The van der Waals surface area contributed by atoms with Gasteiger partial charge in [-0.2, -0.15) is 0 Å². The molecule has 0 saturated heterocycles. The van der Waals surface area contributed by atoms with E-state index in [1.807, 2.05) is 26.0 Å². The summed E-state index contributed by atoms with van der Waals surface area (Å²) in [6.07, 6.45) is 0. The Morgan fingerprint density at radius 2 is 1.75 bits per heavy atom. The lowest BCUT2D eigenvalue weighted by atomic mass is 10.2. The second-order valence-corrected chi connectivity index (χ2v) is 3.50. The number of halogens is 2. The van der Waals surface area contributed by atoms with E-state index >= 15 is 0 Å². The predicted octanol–water partition coefficient (Wildman–Crippen LogP) is 4.85. The molecule has 0 aliphatic rings. The van der Waals surface area contributed by atoms with Crippen LogP contribution in [-0.4, -0.2) is 0 Å². The van der Waals surface area contributed by atoms with E-state index in [9.17, 15) is 0 Å². The molecule has 0 fully saturated rings. The van der Waals surface area contributed by atoms with Crippen LogP contribution in [0.3, 0.4) is 0 Å². The zero-order chi connectivity index (χ0) is 9.40. The van der Waals surface area contributed by atoms with E-state index in [1.165, 1.54) is 16.5 Å². The van der Waals surface area contributed by atoms with Crippen molar-refractivity contribution in [2.75, 3.05) is 0 Å². The smallest absolute Gasteiger partial charge is 0.0283 e. The molecule has 1 aromatic rings. The summed E-state index contributed by atoms with van der Waals surface area (Å²) in [7, 11) is 6.77. The van der Waals surface area contributed by atoms with Crippen molar-refractivity contribution in [2.24, 2.45) is 0 Å². The molecule has 0 aliphatic carbocycles. The predicted molar refractivity (Wildman–Crippen MR) is 62.1 cm³/mol. The second-order valence-electron chi connectivity index (χ2n) is 1.85. The van der Waals surface area contributed by atoms with Crippen LogP contribution in [0, 0.1) is 0 Å². The molecule has 0 bridgehead atoms. The molecule has 0 spiro atoms. The van der Waals surface area contributed by atoms with E-state index in [4.69, 9.17) is 10.7 Å². The Balaban J connectivity index is 0.000000561. The monoisotopic (exact) mass is 266 g/mol. The average molecular weight is 268 g/mol. The fraction of sp³-hybridized carbons (Fsp3) is 0.333. The number of hydrogen-bond acceptors (Lipinski definition) is 1. The largest absolute Gasteiger partial charge is 0.0876 e. The lowest BCUT2D eigenvalue weighted by Gasteiger charge is -1.95. The normalized spacial score (nSPS) is 8.67. The third-order valence-electron chi connectivity index (χ3n) is 1.17. The minimum absolute atomic E-state index is 0.903. The lowest BCUT2D eigenvalue weighted by Crippen LogP contribution is -1.74. The van der Waals surface area contributed by atoms with Crippen molar-refractivity contribution in [3.05, 3.63) is 29.8 Å². The Kier molecular flexibility index (Phi) is 8.19. The summed E-state index contributed by atoms with van der Waals surface area (Å²) in [5, 5.41) is 0.903. The topological polar surface area (TPSA) is 0 Å². The van der Waals surface area contributed by atoms with E-state index in [0.29, 0.717) is 0 Å².